The van der Waals surface area contributed by atoms with E-state index >= 15 is 0 Å². The van der Waals surface area contributed by atoms with Crippen molar-refractivity contribution in [2.24, 2.45) is 0 Å². The minimum absolute atomic E-state index is 0.487. The number of aryl methyl sites for hydroxylation is 2. The number of nitrogens with zero attached hydrogens (tertiary/aromatic N) is 2. The predicted molar refractivity (Wildman–Crippen MR) is 78.7 cm³/mol. The average Bonchev–Trinajstić information content (AvgIpc) is 2.89. The van der Waals surface area contributed by atoms with Gasteiger partial charge >= 0.3 is 0 Å². The molecule has 1 saturated heterocycles. The highest BCUT2D eigenvalue weighted by Gasteiger charge is 2.43. The van der Waals surface area contributed by atoms with Crippen LogP contribution < -0.4 is 4.74 Å². The SMILES string of the molecule is Cc1cc(C)c2c(c1)C(C#N)(N1CCCC1)CCCO2. The maximum atomic E-state index is 10.0. The molecule has 0 amide bonds. The lowest BCUT2D eigenvalue weighted by atomic mass is 9.83. The second-order valence-corrected chi connectivity index (χ2v) is 6.08. The maximum absolute atomic E-state index is 10.0. The Morgan fingerprint density at radius 2 is 1.95 bits per heavy atom. The van der Waals surface area contributed by atoms with Gasteiger partial charge in [-0.25, -0.2) is 0 Å². The first-order chi connectivity index (χ1) is 9.67. The molecule has 20 heavy (non-hydrogen) atoms. The Bertz CT molecular complexity index is 555. The Kier molecular flexibility index (Phi) is 3.43. The third-order valence-electron chi connectivity index (χ3n) is 4.62. The van der Waals surface area contributed by atoms with Crippen molar-refractivity contribution in [3.63, 3.8) is 0 Å². The Morgan fingerprint density at radius 3 is 2.65 bits per heavy atom. The highest BCUT2D eigenvalue weighted by molar-refractivity contribution is 5.51. The zero-order chi connectivity index (χ0) is 14.2. The molecular formula is C17H22N2O. The molecule has 0 saturated carbocycles. The van der Waals surface area contributed by atoms with E-state index in [4.69, 9.17) is 4.74 Å². The summed E-state index contributed by atoms with van der Waals surface area (Å²) in [5.41, 5.74) is 2.97. The van der Waals surface area contributed by atoms with Crippen LogP contribution in [0.5, 0.6) is 5.75 Å². The molecule has 3 nitrogen and oxygen atoms in total. The largest absolute Gasteiger partial charge is 0.493 e. The van der Waals surface area contributed by atoms with E-state index in [2.05, 4.69) is 36.9 Å². The number of benzene rings is 1. The molecule has 0 N–H and O–H groups in total. The average molecular weight is 270 g/mol. The van der Waals surface area contributed by atoms with E-state index in [1.807, 2.05) is 0 Å². The van der Waals surface area contributed by atoms with Crippen LogP contribution in [0.1, 0.15) is 42.4 Å². The molecule has 2 heterocycles. The summed E-state index contributed by atoms with van der Waals surface area (Å²) in [6.45, 7) is 6.96. The van der Waals surface area contributed by atoms with Crippen LogP contribution in [-0.4, -0.2) is 24.6 Å². The molecule has 3 heteroatoms. The van der Waals surface area contributed by atoms with E-state index in [1.165, 1.54) is 18.4 Å². The smallest absolute Gasteiger partial charge is 0.138 e. The molecular weight excluding hydrogens is 248 g/mol. The first-order valence-corrected chi connectivity index (χ1v) is 7.58. The second-order valence-electron chi connectivity index (χ2n) is 6.08. The van der Waals surface area contributed by atoms with Crippen LogP contribution in [0.2, 0.25) is 0 Å². The molecule has 1 atom stereocenters. The van der Waals surface area contributed by atoms with Crippen molar-refractivity contribution in [2.45, 2.75) is 45.1 Å². The van der Waals surface area contributed by atoms with Gasteiger partial charge in [0.15, 0.2) is 0 Å². The molecule has 1 aromatic carbocycles. The van der Waals surface area contributed by atoms with E-state index in [9.17, 15) is 5.26 Å². The summed E-state index contributed by atoms with van der Waals surface area (Å²) in [5.74, 6) is 0.946. The third kappa shape index (κ3) is 1.99. The van der Waals surface area contributed by atoms with Gasteiger partial charge in [-0.1, -0.05) is 11.6 Å². The second kappa shape index (κ2) is 5.10. The van der Waals surface area contributed by atoms with Gasteiger partial charge in [0.2, 0.25) is 0 Å². The van der Waals surface area contributed by atoms with Gasteiger partial charge in [-0.05, 0) is 51.2 Å². The number of nitriles is 1. The van der Waals surface area contributed by atoms with E-state index in [0.717, 1.165) is 42.8 Å². The Labute approximate surface area is 121 Å². The summed E-state index contributed by atoms with van der Waals surface area (Å²) in [7, 11) is 0. The number of hydrogen-bond acceptors (Lipinski definition) is 3. The minimum atomic E-state index is -0.487. The molecule has 106 valence electrons. The van der Waals surface area contributed by atoms with Gasteiger partial charge < -0.3 is 4.74 Å². The van der Waals surface area contributed by atoms with E-state index in [-0.39, 0.29) is 0 Å². The lowest BCUT2D eigenvalue weighted by Crippen LogP contribution is -2.43. The topological polar surface area (TPSA) is 36.3 Å². The number of fused-ring (bicyclic) bond motifs is 1. The lowest BCUT2D eigenvalue weighted by Gasteiger charge is -2.36. The molecule has 0 aromatic heterocycles. The van der Waals surface area contributed by atoms with Crippen molar-refractivity contribution in [3.05, 3.63) is 28.8 Å². The Morgan fingerprint density at radius 1 is 1.20 bits per heavy atom. The van der Waals surface area contributed by atoms with E-state index in [0.29, 0.717) is 6.61 Å². The van der Waals surface area contributed by atoms with Crippen molar-refractivity contribution >= 4 is 0 Å². The van der Waals surface area contributed by atoms with Crippen molar-refractivity contribution in [2.75, 3.05) is 19.7 Å². The minimum Gasteiger partial charge on any atom is -0.493 e. The summed E-state index contributed by atoms with van der Waals surface area (Å²) < 4.78 is 5.97. The number of rotatable bonds is 1. The lowest BCUT2D eigenvalue weighted by molar-refractivity contribution is 0.162. The molecule has 1 unspecified atom stereocenters. The standard InChI is InChI=1S/C17H22N2O/c1-13-10-14(2)16-15(11-13)17(12-18,6-5-9-20-16)19-7-3-4-8-19/h10-11H,3-9H2,1-2H3. The zero-order valence-electron chi connectivity index (χ0n) is 12.4. The van der Waals surface area contributed by atoms with Crippen LogP contribution in [0, 0.1) is 25.2 Å². The number of ether oxygens (including phenoxy) is 1. The van der Waals surface area contributed by atoms with Gasteiger partial charge in [0.25, 0.3) is 0 Å². The van der Waals surface area contributed by atoms with Crippen LogP contribution >= 0.6 is 0 Å². The van der Waals surface area contributed by atoms with Crippen LogP contribution in [0.25, 0.3) is 0 Å². The summed E-state index contributed by atoms with van der Waals surface area (Å²) >= 11 is 0. The number of hydrogen-bond donors (Lipinski definition) is 0. The summed E-state index contributed by atoms with van der Waals surface area (Å²) in [4.78, 5) is 2.37. The van der Waals surface area contributed by atoms with Crippen molar-refractivity contribution in [3.8, 4) is 11.8 Å². The van der Waals surface area contributed by atoms with Gasteiger partial charge in [0.05, 0.1) is 12.7 Å². The van der Waals surface area contributed by atoms with Crippen LogP contribution in [0.4, 0.5) is 0 Å². The van der Waals surface area contributed by atoms with E-state index in [1.54, 1.807) is 0 Å². The van der Waals surface area contributed by atoms with Gasteiger partial charge in [-0.15, -0.1) is 0 Å². The normalized spacial score (nSPS) is 26.4. The maximum Gasteiger partial charge on any atom is 0.138 e. The van der Waals surface area contributed by atoms with Gasteiger partial charge in [0.1, 0.15) is 11.3 Å². The molecule has 2 aliphatic heterocycles. The van der Waals surface area contributed by atoms with Crippen LogP contribution in [0.3, 0.4) is 0 Å². The molecule has 0 spiro atoms. The van der Waals surface area contributed by atoms with Crippen LogP contribution in [-0.2, 0) is 5.54 Å². The number of likely N-dealkylation sites (tertiary alicyclic amines) is 1. The van der Waals surface area contributed by atoms with Gasteiger partial charge in [-0.2, -0.15) is 5.26 Å². The predicted octanol–water partition coefficient (Wildman–Crippen LogP) is 3.29. The summed E-state index contributed by atoms with van der Waals surface area (Å²) in [6, 6.07) is 6.97. The third-order valence-corrected chi connectivity index (χ3v) is 4.62. The molecule has 1 aromatic rings. The molecule has 1 fully saturated rings. The zero-order valence-corrected chi connectivity index (χ0v) is 12.4. The molecule has 0 bridgehead atoms. The van der Waals surface area contributed by atoms with E-state index < -0.39 is 5.54 Å². The molecule has 2 aliphatic rings. The van der Waals surface area contributed by atoms with Gasteiger partial charge in [0, 0.05) is 18.7 Å². The molecule has 0 radical (unpaired) electrons. The van der Waals surface area contributed by atoms with Crippen molar-refractivity contribution in [1.82, 2.24) is 4.90 Å². The van der Waals surface area contributed by atoms with Crippen molar-refractivity contribution < 1.29 is 4.74 Å². The fourth-order valence-corrected chi connectivity index (χ4v) is 3.70. The first kappa shape index (κ1) is 13.5. The summed E-state index contributed by atoms with van der Waals surface area (Å²) in [5, 5.41) is 10.0. The monoisotopic (exact) mass is 270 g/mol. The highest BCUT2D eigenvalue weighted by atomic mass is 16.5. The summed E-state index contributed by atoms with van der Waals surface area (Å²) in [6.07, 6.45) is 4.21. The fraction of sp³-hybridized carbons (Fsp3) is 0.588. The fourth-order valence-electron chi connectivity index (χ4n) is 3.70. The molecule has 3 rings (SSSR count). The molecule has 0 aliphatic carbocycles. The highest BCUT2D eigenvalue weighted by Crippen LogP contribution is 2.44. The Hall–Kier alpha value is -1.53. The quantitative estimate of drug-likeness (QED) is 0.785. The van der Waals surface area contributed by atoms with Crippen LogP contribution in [0.15, 0.2) is 12.1 Å². The Balaban J connectivity index is 2.19. The van der Waals surface area contributed by atoms with Gasteiger partial charge in [-0.3, -0.25) is 4.90 Å². The first-order valence-electron chi connectivity index (χ1n) is 7.58. The van der Waals surface area contributed by atoms with Crippen molar-refractivity contribution in [1.29, 1.82) is 5.26 Å².